The van der Waals surface area contributed by atoms with Gasteiger partial charge in [-0.25, -0.2) is 14.1 Å². The number of nitrogens with one attached hydrogen (secondary N) is 1. The van der Waals surface area contributed by atoms with E-state index in [4.69, 9.17) is 9.47 Å². The average molecular weight is 477 g/mol. The van der Waals surface area contributed by atoms with Crippen molar-refractivity contribution < 1.29 is 18.7 Å². The van der Waals surface area contributed by atoms with E-state index in [0.717, 1.165) is 5.56 Å². The Hall–Kier alpha value is -4.47. The predicted octanol–water partition coefficient (Wildman–Crippen LogP) is 2.63. The zero-order chi connectivity index (χ0) is 24.8. The Morgan fingerprint density at radius 2 is 1.97 bits per heavy atom. The van der Waals surface area contributed by atoms with Crippen LogP contribution in [0.5, 0.6) is 11.5 Å². The van der Waals surface area contributed by atoms with Gasteiger partial charge in [0, 0.05) is 12.6 Å². The summed E-state index contributed by atoms with van der Waals surface area (Å²) in [5.74, 6) is 0.540. The van der Waals surface area contributed by atoms with E-state index in [9.17, 15) is 14.0 Å². The molecule has 2 aromatic carbocycles. The number of amides is 1. The van der Waals surface area contributed by atoms with Gasteiger partial charge in [0.1, 0.15) is 17.5 Å². The van der Waals surface area contributed by atoms with Gasteiger partial charge < -0.3 is 14.8 Å². The molecule has 0 bridgehead atoms. The lowest BCUT2D eigenvalue weighted by Crippen LogP contribution is -2.26. The van der Waals surface area contributed by atoms with E-state index < -0.39 is 0 Å². The summed E-state index contributed by atoms with van der Waals surface area (Å²) in [6, 6.07) is 11.4. The number of ether oxygens (including phenoxy) is 2. The number of benzene rings is 2. The summed E-state index contributed by atoms with van der Waals surface area (Å²) >= 11 is 0. The molecule has 1 N–H and O–H groups in total. The van der Waals surface area contributed by atoms with Crippen LogP contribution in [0.2, 0.25) is 0 Å². The van der Waals surface area contributed by atoms with Gasteiger partial charge in [0.25, 0.3) is 5.56 Å². The molecule has 0 radical (unpaired) electrons. The number of methoxy groups -OCH3 is 2. The molecular weight excluding hydrogens is 453 g/mol. The van der Waals surface area contributed by atoms with Crippen molar-refractivity contribution in [3.8, 4) is 11.5 Å². The lowest BCUT2D eigenvalue weighted by molar-refractivity contribution is -0.116. The van der Waals surface area contributed by atoms with E-state index in [1.807, 2.05) is 6.07 Å². The molecule has 0 unspecified atom stereocenters. The van der Waals surface area contributed by atoms with E-state index >= 15 is 0 Å². The fourth-order valence-corrected chi connectivity index (χ4v) is 3.58. The largest absolute Gasteiger partial charge is 0.493 e. The molecule has 0 aliphatic heterocycles. The monoisotopic (exact) mass is 477 g/mol. The van der Waals surface area contributed by atoms with Crippen LogP contribution in [0.15, 0.2) is 65.9 Å². The van der Waals surface area contributed by atoms with E-state index in [-0.39, 0.29) is 23.8 Å². The highest BCUT2D eigenvalue weighted by Gasteiger charge is 2.11. The summed E-state index contributed by atoms with van der Waals surface area (Å²) in [5, 5.41) is 7.36. The minimum atomic E-state index is -0.363. The van der Waals surface area contributed by atoms with Crippen molar-refractivity contribution >= 4 is 23.0 Å². The summed E-state index contributed by atoms with van der Waals surface area (Å²) in [6.45, 7) is 0.826. The number of rotatable bonds is 9. The summed E-state index contributed by atoms with van der Waals surface area (Å²) in [4.78, 5) is 29.3. The van der Waals surface area contributed by atoms with Crippen LogP contribution < -0.4 is 20.3 Å². The normalized spacial score (nSPS) is 11.2. The van der Waals surface area contributed by atoms with Crippen molar-refractivity contribution in [2.24, 2.45) is 0 Å². The maximum Gasteiger partial charge on any atom is 0.264 e. The molecular formula is C25H24FN5O4. The van der Waals surface area contributed by atoms with Gasteiger partial charge in [-0.15, -0.1) is 0 Å². The Bertz CT molecular complexity index is 1440. The number of fused-ring (bicyclic) bond motifs is 1. The van der Waals surface area contributed by atoms with Gasteiger partial charge >= 0.3 is 0 Å². The van der Waals surface area contributed by atoms with E-state index in [0.29, 0.717) is 41.2 Å². The van der Waals surface area contributed by atoms with Crippen molar-refractivity contribution in [3.05, 3.63) is 88.4 Å². The quantitative estimate of drug-likeness (QED) is 0.372. The molecule has 4 rings (SSSR count). The van der Waals surface area contributed by atoms with Crippen LogP contribution in [-0.4, -0.2) is 46.0 Å². The Morgan fingerprint density at radius 1 is 1.14 bits per heavy atom. The molecule has 1 amide bonds. The van der Waals surface area contributed by atoms with Crippen molar-refractivity contribution in [1.82, 2.24) is 24.6 Å². The van der Waals surface area contributed by atoms with Crippen molar-refractivity contribution in [2.45, 2.75) is 13.1 Å². The Kier molecular flexibility index (Phi) is 7.20. The van der Waals surface area contributed by atoms with Gasteiger partial charge in [-0.05, 0) is 41.5 Å². The number of carbonyl (C=O) groups excluding carboxylic acids is 1. The average Bonchev–Trinajstić information content (AvgIpc) is 3.28. The second kappa shape index (κ2) is 10.6. The summed E-state index contributed by atoms with van der Waals surface area (Å²) < 4.78 is 26.9. The third-order valence-corrected chi connectivity index (χ3v) is 5.32. The number of nitrogens with zero attached hydrogens (tertiary/aromatic N) is 4. The third kappa shape index (κ3) is 5.55. The van der Waals surface area contributed by atoms with Gasteiger partial charge in [-0.3, -0.25) is 14.2 Å². The van der Waals surface area contributed by atoms with Crippen LogP contribution in [-0.2, 0) is 17.9 Å². The highest BCUT2D eigenvalue weighted by Crippen LogP contribution is 2.27. The molecule has 0 aliphatic carbocycles. The highest BCUT2D eigenvalue weighted by atomic mass is 19.1. The lowest BCUT2D eigenvalue weighted by atomic mass is 10.2. The topological polar surface area (TPSA) is 100 Å². The Labute approximate surface area is 200 Å². The first kappa shape index (κ1) is 23.7. The van der Waals surface area contributed by atoms with Crippen molar-refractivity contribution in [1.29, 1.82) is 0 Å². The molecule has 0 atom stereocenters. The standard InChI is InChI=1S/C25H24FN5O4/c1-34-21-8-6-17(13-22(21)35-2)7-9-23(32)27-10-11-31-24-20(14-29-31)25(33)30(16-28-24)15-18-4-3-5-19(26)12-18/h3-9,12-14,16H,10-11,15H2,1-2H3,(H,27,32)/b9-7-. The zero-order valence-corrected chi connectivity index (χ0v) is 19.3. The van der Waals surface area contributed by atoms with E-state index in [2.05, 4.69) is 15.4 Å². The van der Waals surface area contributed by atoms with E-state index in [1.54, 1.807) is 49.2 Å². The van der Waals surface area contributed by atoms with Crippen LogP contribution in [0.4, 0.5) is 4.39 Å². The van der Waals surface area contributed by atoms with Crippen LogP contribution in [0.1, 0.15) is 11.1 Å². The van der Waals surface area contributed by atoms with Gasteiger partial charge in [0.15, 0.2) is 17.1 Å². The van der Waals surface area contributed by atoms with Crippen molar-refractivity contribution in [2.75, 3.05) is 20.8 Å². The molecule has 2 heterocycles. The first-order valence-electron chi connectivity index (χ1n) is 10.8. The fourth-order valence-electron chi connectivity index (χ4n) is 3.58. The Morgan fingerprint density at radius 3 is 2.74 bits per heavy atom. The maximum absolute atomic E-state index is 13.4. The van der Waals surface area contributed by atoms with Gasteiger partial charge in [0.05, 0.1) is 33.5 Å². The predicted molar refractivity (Wildman–Crippen MR) is 129 cm³/mol. The van der Waals surface area contributed by atoms with Gasteiger partial charge in [-0.1, -0.05) is 18.2 Å². The number of aromatic nitrogens is 4. The number of hydrogen-bond donors (Lipinski definition) is 1. The molecule has 0 spiro atoms. The van der Waals surface area contributed by atoms with E-state index in [1.165, 1.54) is 35.3 Å². The highest BCUT2D eigenvalue weighted by molar-refractivity contribution is 5.91. The molecule has 10 heteroatoms. The van der Waals surface area contributed by atoms with Crippen molar-refractivity contribution in [3.63, 3.8) is 0 Å². The smallest absolute Gasteiger partial charge is 0.264 e. The fraction of sp³-hybridized carbons (Fsp3) is 0.200. The van der Waals surface area contributed by atoms with Gasteiger partial charge in [0.2, 0.25) is 5.91 Å². The SMILES string of the molecule is COc1ccc(/C=C\C(=O)NCCn2ncc3c(=O)n(Cc4cccc(F)c4)cnc32)cc1OC. The summed E-state index contributed by atoms with van der Waals surface area (Å²) in [7, 11) is 3.10. The minimum absolute atomic E-state index is 0.202. The molecule has 0 saturated heterocycles. The molecule has 9 nitrogen and oxygen atoms in total. The number of carbonyl (C=O) groups is 1. The Balaban J connectivity index is 1.37. The summed E-state index contributed by atoms with van der Waals surface area (Å²) in [6.07, 6.45) is 5.96. The first-order valence-corrected chi connectivity index (χ1v) is 10.8. The van der Waals surface area contributed by atoms with Gasteiger partial charge in [-0.2, -0.15) is 5.10 Å². The molecule has 2 aromatic heterocycles. The second-order valence-corrected chi connectivity index (χ2v) is 7.65. The van der Waals surface area contributed by atoms with Crippen LogP contribution in [0, 0.1) is 5.82 Å². The third-order valence-electron chi connectivity index (χ3n) is 5.32. The molecule has 0 aliphatic rings. The number of hydrogen-bond acceptors (Lipinski definition) is 6. The number of halogens is 1. The first-order chi connectivity index (χ1) is 17.0. The van der Waals surface area contributed by atoms with Crippen LogP contribution in [0.25, 0.3) is 17.1 Å². The molecule has 180 valence electrons. The zero-order valence-electron chi connectivity index (χ0n) is 19.3. The van der Waals surface area contributed by atoms with Crippen LogP contribution in [0.3, 0.4) is 0 Å². The minimum Gasteiger partial charge on any atom is -0.493 e. The van der Waals surface area contributed by atoms with Crippen LogP contribution >= 0.6 is 0 Å². The second-order valence-electron chi connectivity index (χ2n) is 7.65. The molecule has 0 fully saturated rings. The molecule has 4 aromatic rings. The summed E-state index contributed by atoms with van der Waals surface area (Å²) in [5.41, 5.74) is 1.59. The lowest BCUT2D eigenvalue weighted by Gasteiger charge is -2.08. The molecule has 0 saturated carbocycles. The maximum atomic E-state index is 13.4. The molecule has 35 heavy (non-hydrogen) atoms.